The van der Waals surface area contributed by atoms with Crippen molar-refractivity contribution in [3.8, 4) is 0 Å². The maximum Gasteiger partial charge on any atom is 0.256 e. The molecule has 2 fully saturated rings. The van der Waals surface area contributed by atoms with Crippen molar-refractivity contribution in [3.63, 3.8) is 0 Å². The maximum absolute atomic E-state index is 12.8. The lowest BCUT2D eigenvalue weighted by Gasteiger charge is -2.32. The Bertz CT molecular complexity index is 512. The van der Waals surface area contributed by atoms with Gasteiger partial charge < -0.3 is 20.3 Å². The molecule has 0 aliphatic carbocycles. The molecule has 3 rings (SSSR count). The van der Waals surface area contributed by atoms with Crippen LogP contribution >= 0.6 is 11.8 Å². The molecule has 2 aliphatic rings. The molecule has 1 aromatic carbocycles. The van der Waals surface area contributed by atoms with Gasteiger partial charge in [-0.1, -0.05) is 0 Å². The van der Waals surface area contributed by atoms with E-state index in [1.54, 1.807) is 0 Å². The van der Waals surface area contributed by atoms with Crippen molar-refractivity contribution in [2.45, 2.75) is 0 Å². The molecule has 0 bridgehead atoms. The molecule has 0 saturated carbocycles. The number of hydrogen-bond donors (Lipinski definition) is 1. The van der Waals surface area contributed by atoms with Crippen LogP contribution in [0.5, 0.6) is 0 Å². The van der Waals surface area contributed by atoms with E-state index in [1.807, 2.05) is 34.9 Å². The maximum atomic E-state index is 12.8. The Balaban J connectivity index is 1.87. The van der Waals surface area contributed by atoms with Gasteiger partial charge in [0, 0.05) is 43.4 Å². The molecule has 114 valence electrons. The van der Waals surface area contributed by atoms with Gasteiger partial charge >= 0.3 is 0 Å². The first-order chi connectivity index (χ1) is 10.3. The predicted molar refractivity (Wildman–Crippen MR) is 87.1 cm³/mol. The number of ether oxygens (including phenoxy) is 1. The fourth-order valence-electron chi connectivity index (χ4n) is 2.73. The molecular formula is C15H21N3O2S. The van der Waals surface area contributed by atoms with Crippen molar-refractivity contribution in [3.05, 3.63) is 23.8 Å². The molecule has 21 heavy (non-hydrogen) atoms. The van der Waals surface area contributed by atoms with Gasteiger partial charge in [-0.15, -0.1) is 0 Å². The molecule has 0 atom stereocenters. The number of nitrogens with two attached hydrogens (primary N) is 1. The summed E-state index contributed by atoms with van der Waals surface area (Å²) < 4.78 is 5.40. The minimum atomic E-state index is 0.122. The number of hydrogen-bond acceptors (Lipinski definition) is 5. The third-order valence-corrected chi connectivity index (χ3v) is 4.84. The van der Waals surface area contributed by atoms with Crippen LogP contribution in [-0.4, -0.2) is 61.7 Å². The van der Waals surface area contributed by atoms with E-state index in [1.165, 1.54) is 0 Å². The highest BCUT2D eigenvalue weighted by Gasteiger charge is 2.24. The van der Waals surface area contributed by atoms with Gasteiger partial charge in [0.2, 0.25) is 0 Å². The molecule has 0 radical (unpaired) electrons. The molecule has 2 saturated heterocycles. The Hall–Kier alpha value is -1.40. The van der Waals surface area contributed by atoms with Crippen LogP contribution in [0.15, 0.2) is 18.2 Å². The molecule has 2 heterocycles. The van der Waals surface area contributed by atoms with E-state index in [4.69, 9.17) is 10.5 Å². The van der Waals surface area contributed by atoms with Crippen molar-refractivity contribution < 1.29 is 9.53 Å². The highest BCUT2D eigenvalue weighted by atomic mass is 32.2. The quantitative estimate of drug-likeness (QED) is 0.835. The fraction of sp³-hybridized carbons (Fsp3) is 0.533. The molecular weight excluding hydrogens is 286 g/mol. The second-order valence-electron chi connectivity index (χ2n) is 5.28. The summed E-state index contributed by atoms with van der Waals surface area (Å²) in [6.45, 7) is 4.66. The van der Waals surface area contributed by atoms with Gasteiger partial charge in [0.1, 0.15) is 0 Å². The van der Waals surface area contributed by atoms with Gasteiger partial charge in [-0.3, -0.25) is 4.79 Å². The van der Waals surface area contributed by atoms with Crippen molar-refractivity contribution in [1.82, 2.24) is 4.90 Å². The monoisotopic (exact) mass is 307 g/mol. The van der Waals surface area contributed by atoms with Crippen LogP contribution in [-0.2, 0) is 4.74 Å². The summed E-state index contributed by atoms with van der Waals surface area (Å²) >= 11 is 1.91. The number of carbonyl (C=O) groups excluding carboxylic acids is 1. The second kappa shape index (κ2) is 6.58. The number of nitrogen functional groups attached to an aromatic ring is 1. The first-order valence-corrected chi connectivity index (χ1v) is 8.50. The molecule has 2 N–H and O–H groups in total. The first kappa shape index (κ1) is 14.5. The molecule has 2 aliphatic heterocycles. The van der Waals surface area contributed by atoms with Crippen LogP contribution in [0.3, 0.4) is 0 Å². The number of carbonyl (C=O) groups is 1. The second-order valence-corrected chi connectivity index (χ2v) is 6.51. The minimum absolute atomic E-state index is 0.122. The molecule has 1 aromatic rings. The lowest BCUT2D eigenvalue weighted by Crippen LogP contribution is -2.41. The van der Waals surface area contributed by atoms with Crippen LogP contribution in [0.4, 0.5) is 11.4 Å². The standard InChI is InChI=1S/C15H21N3O2S/c16-12-1-2-13(15(19)18-5-9-21-10-6-18)14(11-12)17-3-7-20-8-4-17/h1-2,11H,3-10,16H2. The van der Waals surface area contributed by atoms with Crippen molar-refractivity contribution in [1.29, 1.82) is 0 Å². The predicted octanol–water partition coefficient (Wildman–Crippen LogP) is 1.29. The molecule has 5 nitrogen and oxygen atoms in total. The minimum Gasteiger partial charge on any atom is -0.399 e. The van der Waals surface area contributed by atoms with E-state index < -0.39 is 0 Å². The number of nitrogens with zero attached hydrogens (tertiary/aromatic N) is 2. The van der Waals surface area contributed by atoms with E-state index in [9.17, 15) is 4.79 Å². The highest BCUT2D eigenvalue weighted by Crippen LogP contribution is 2.26. The number of thioether (sulfide) groups is 1. The summed E-state index contributed by atoms with van der Waals surface area (Å²) in [5.41, 5.74) is 8.33. The zero-order valence-corrected chi connectivity index (χ0v) is 12.9. The van der Waals surface area contributed by atoms with Gasteiger partial charge in [0.25, 0.3) is 5.91 Å². The number of anilines is 2. The molecule has 6 heteroatoms. The first-order valence-electron chi connectivity index (χ1n) is 7.35. The third kappa shape index (κ3) is 3.27. The van der Waals surface area contributed by atoms with Crippen LogP contribution in [0.2, 0.25) is 0 Å². The van der Waals surface area contributed by atoms with Crippen molar-refractivity contribution >= 4 is 29.0 Å². The van der Waals surface area contributed by atoms with Gasteiger partial charge in [-0.2, -0.15) is 11.8 Å². The van der Waals surface area contributed by atoms with Crippen LogP contribution < -0.4 is 10.6 Å². The van der Waals surface area contributed by atoms with E-state index in [-0.39, 0.29) is 5.91 Å². The largest absolute Gasteiger partial charge is 0.399 e. The smallest absolute Gasteiger partial charge is 0.256 e. The zero-order chi connectivity index (χ0) is 14.7. The lowest BCUT2D eigenvalue weighted by atomic mass is 10.1. The summed E-state index contributed by atoms with van der Waals surface area (Å²) in [6, 6.07) is 5.59. The van der Waals surface area contributed by atoms with Crippen molar-refractivity contribution in [2.75, 3.05) is 61.5 Å². The van der Waals surface area contributed by atoms with Crippen LogP contribution in [0, 0.1) is 0 Å². The summed E-state index contributed by atoms with van der Waals surface area (Å²) in [5, 5.41) is 0. The fourth-order valence-corrected chi connectivity index (χ4v) is 3.64. The SMILES string of the molecule is Nc1ccc(C(=O)N2CCSCC2)c(N2CCOCC2)c1. The van der Waals surface area contributed by atoms with E-state index in [2.05, 4.69) is 4.90 Å². The zero-order valence-electron chi connectivity index (χ0n) is 12.1. The molecule has 0 spiro atoms. The molecule has 0 unspecified atom stereocenters. The summed E-state index contributed by atoms with van der Waals surface area (Å²) in [4.78, 5) is 16.9. The highest BCUT2D eigenvalue weighted by molar-refractivity contribution is 7.99. The van der Waals surface area contributed by atoms with Gasteiger partial charge in [0.15, 0.2) is 0 Å². The Kier molecular flexibility index (Phi) is 4.55. The molecule has 0 aromatic heterocycles. The Morgan fingerprint density at radius 3 is 2.57 bits per heavy atom. The topological polar surface area (TPSA) is 58.8 Å². The number of amides is 1. The van der Waals surface area contributed by atoms with E-state index >= 15 is 0 Å². The third-order valence-electron chi connectivity index (χ3n) is 3.90. The normalized spacial score (nSPS) is 19.6. The van der Waals surface area contributed by atoms with E-state index in [0.717, 1.165) is 48.9 Å². The summed E-state index contributed by atoms with van der Waals surface area (Å²) in [7, 11) is 0. The van der Waals surface area contributed by atoms with Crippen LogP contribution in [0.1, 0.15) is 10.4 Å². The number of benzene rings is 1. The molecule has 1 amide bonds. The van der Waals surface area contributed by atoms with Crippen LogP contribution in [0.25, 0.3) is 0 Å². The van der Waals surface area contributed by atoms with E-state index in [0.29, 0.717) is 18.9 Å². The number of morpholine rings is 1. The van der Waals surface area contributed by atoms with Crippen molar-refractivity contribution in [2.24, 2.45) is 0 Å². The van der Waals surface area contributed by atoms with Gasteiger partial charge in [-0.05, 0) is 18.2 Å². The van der Waals surface area contributed by atoms with Gasteiger partial charge in [0.05, 0.1) is 24.5 Å². The average Bonchev–Trinajstić information content (AvgIpc) is 2.56. The Morgan fingerprint density at radius 1 is 1.14 bits per heavy atom. The summed E-state index contributed by atoms with van der Waals surface area (Å²) in [6.07, 6.45) is 0. The van der Waals surface area contributed by atoms with Gasteiger partial charge in [-0.25, -0.2) is 0 Å². The number of rotatable bonds is 2. The lowest BCUT2D eigenvalue weighted by molar-refractivity contribution is 0.0771. The summed E-state index contributed by atoms with van der Waals surface area (Å²) in [5.74, 6) is 2.16. The Labute approximate surface area is 129 Å². The average molecular weight is 307 g/mol. The Morgan fingerprint density at radius 2 is 1.86 bits per heavy atom.